The molecule has 4 N–H and O–H groups in total. The summed E-state index contributed by atoms with van der Waals surface area (Å²) >= 11 is 7.58. The summed E-state index contributed by atoms with van der Waals surface area (Å²) in [5.74, 6) is 7.10. The molecule has 0 atom stereocenters. The van der Waals surface area contributed by atoms with Gasteiger partial charge in [0.1, 0.15) is 5.54 Å². The van der Waals surface area contributed by atoms with Crippen molar-refractivity contribution < 1.29 is 0 Å². The molecule has 0 saturated carbocycles. The van der Waals surface area contributed by atoms with E-state index in [4.69, 9.17) is 23.2 Å². The van der Waals surface area contributed by atoms with Crippen LogP contribution in [0.3, 0.4) is 0 Å². The van der Waals surface area contributed by atoms with Crippen molar-refractivity contribution in [2.45, 2.75) is 12.5 Å². The molecule has 0 radical (unpaired) electrons. The highest BCUT2D eigenvalue weighted by Gasteiger charge is 2.41. The zero-order valence-corrected chi connectivity index (χ0v) is 18.6. The van der Waals surface area contributed by atoms with E-state index in [1.807, 2.05) is 67.6 Å². The number of rotatable bonds is 6. The van der Waals surface area contributed by atoms with Gasteiger partial charge in [0.2, 0.25) is 0 Å². The summed E-state index contributed by atoms with van der Waals surface area (Å²) < 4.78 is 0.662. The van der Waals surface area contributed by atoms with Crippen LogP contribution in [0, 0.1) is 6.92 Å². The zero-order valence-electron chi connectivity index (χ0n) is 17.1. The first-order valence-corrected chi connectivity index (χ1v) is 11.0. The standard InChI is InChI=1S/C25H23ClN4S/c1-18-17-22(26)31-23(18)24(27)29-30(28)25(19-11-5-2-6-12-19,20-13-7-3-8-14-20)21-15-9-4-10-16-21/h2-17H,28H2,1H3,(H2,27,29). The number of aryl methyl sites for hydroxylation is 1. The molecule has 4 aromatic rings. The van der Waals surface area contributed by atoms with E-state index in [-0.39, 0.29) is 0 Å². The first-order chi connectivity index (χ1) is 15.0. The van der Waals surface area contributed by atoms with E-state index in [0.29, 0.717) is 10.2 Å². The van der Waals surface area contributed by atoms with Gasteiger partial charge in [-0.3, -0.25) is 0 Å². The molecule has 6 heteroatoms. The zero-order chi connectivity index (χ0) is 21.8. The summed E-state index contributed by atoms with van der Waals surface area (Å²) in [7, 11) is 0. The van der Waals surface area contributed by atoms with Crippen molar-refractivity contribution in [3.63, 3.8) is 0 Å². The average molecular weight is 447 g/mol. The van der Waals surface area contributed by atoms with E-state index in [1.54, 1.807) is 0 Å². The largest absolute Gasteiger partial charge is 0.381 e. The molecule has 4 nitrogen and oxygen atoms in total. The number of hydrogen-bond acceptors (Lipinski definition) is 4. The fourth-order valence-corrected chi connectivity index (χ4v) is 5.06. The van der Waals surface area contributed by atoms with Gasteiger partial charge in [-0.15, -0.1) is 16.4 Å². The van der Waals surface area contributed by atoms with Gasteiger partial charge in [0.05, 0.1) is 9.21 Å². The number of hydrazone groups is 1. The molecular formula is C25H23ClN4S. The second-order valence-electron chi connectivity index (χ2n) is 7.20. The number of hydrogen-bond donors (Lipinski definition) is 2. The number of hydrazine groups is 1. The maximum Gasteiger partial charge on any atom is 0.162 e. The van der Waals surface area contributed by atoms with Gasteiger partial charge in [0.25, 0.3) is 0 Å². The first-order valence-electron chi connectivity index (χ1n) is 9.85. The van der Waals surface area contributed by atoms with Crippen molar-refractivity contribution in [3.8, 4) is 0 Å². The highest BCUT2D eigenvalue weighted by molar-refractivity contribution is 7.18. The Labute approximate surface area is 191 Å². The minimum Gasteiger partial charge on any atom is -0.381 e. The SMILES string of the molecule is Cc1cc(Cl)sc1/C(N)=N/N(N)C(c1ccccc1)(c1ccccc1)c1ccccc1. The predicted octanol–water partition coefficient (Wildman–Crippen LogP) is 5.50. The number of nitrogens with two attached hydrogens (primary N) is 2. The predicted molar refractivity (Wildman–Crippen MR) is 130 cm³/mol. The maximum absolute atomic E-state index is 6.78. The molecule has 3 aromatic carbocycles. The minimum absolute atomic E-state index is 0.323. The molecule has 0 aliphatic heterocycles. The van der Waals surface area contributed by atoms with Crippen molar-refractivity contribution in [2.24, 2.45) is 16.7 Å². The summed E-state index contributed by atoms with van der Waals surface area (Å²) in [6.07, 6.45) is 0. The molecule has 1 heterocycles. The quantitative estimate of drug-likeness (QED) is 0.135. The average Bonchev–Trinajstić information content (AvgIpc) is 3.14. The summed E-state index contributed by atoms with van der Waals surface area (Å²) in [6, 6.07) is 32.2. The number of benzene rings is 3. The lowest BCUT2D eigenvalue weighted by Gasteiger charge is -2.41. The second-order valence-corrected chi connectivity index (χ2v) is 8.88. The van der Waals surface area contributed by atoms with Crippen LogP contribution in [0.2, 0.25) is 4.34 Å². The van der Waals surface area contributed by atoms with Gasteiger partial charge >= 0.3 is 0 Å². The Hall–Kier alpha value is -3.12. The van der Waals surface area contributed by atoms with E-state index in [1.165, 1.54) is 16.5 Å². The molecule has 0 fully saturated rings. The first kappa shape index (κ1) is 21.1. The van der Waals surface area contributed by atoms with Crippen molar-refractivity contribution >= 4 is 28.8 Å². The summed E-state index contributed by atoms with van der Waals surface area (Å²) in [6.45, 7) is 1.96. The van der Waals surface area contributed by atoms with Gasteiger partial charge in [0, 0.05) is 0 Å². The molecule has 0 unspecified atom stereocenters. The Kier molecular flexibility index (Phi) is 6.09. The smallest absolute Gasteiger partial charge is 0.162 e. The van der Waals surface area contributed by atoms with Crippen LogP contribution in [-0.4, -0.2) is 11.0 Å². The van der Waals surface area contributed by atoms with Gasteiger partial charge in [-0.2, -0.15) is 0 Å². The lowest BCUT2D eigenvalue weighted by Crippen LogP contribution is -2.50. The molecule has 1 aromatic heterocycles. The molecule has 0 aliphatic rings. The van der Waals surface area contributed by atoms with Gasteiger partial charge < -0.3 is 5.73 Å². The van der Waals surface area contributed by atoms with Crippen LogP contribution in [0.4, 0.5) is 0 Å². The third kappa shape index (κ3) is 3.95. The minimum atomic E-state index is -0.886. The Morgan fingerprint density at radius 1 is 0.839 bits per heavy atom. The van der Waals surface area contributed by atoms with Gasteiger partial charge in [0.15, 0.2) is 5.84 Å². The van der Waals surface area contributed by atoms with E-state index in [0.717, 1.165) is 27.1 Å². The van der Waals surface area contributed by atoms with Crippen LogP contribution in [0.25, 0.3) is 0 Å². The van der Waals surface area contributed by atoms with Crippen LogP contribution < -0.4 is 11.6 Å². The van der Waals surface area contributed by atoms with Crippen LogP contribution in [0.1, 0.15) is 27.1 Å². The summed E-state index contributed by atoms with van der Waals surface area (Å²) in [5, 5.41) is 6.15. The topological polar surface area (TPSA) is 67.6 Å². The molecule has 0 spiro atoms. The van der Waals surface area contributed by atoms with Crippen LogP contribution in [0.5, 0.6) is 0 Å². The Morgan fingerprint density at radius 2 is 1.26 bits per heavy atom. The number of halogens is 1. The van der Waals surface area contributed by atoms with E-state index in [9.17, 15) is 0 Å². The number of thiophene rings is 1. The summed E-state index contributed by atoms with van der Waals surface area (Å²) in [5.41, 5.74) is 9.44. The van der Waals surface area contributed by atoms with Crippen molar-refractivity contribution in [3.05, 3.63) is 129 Å². The van der Waals surface area contributed by atoms with Crippen molar-refractivity contribution in [1.29, 1.82) is 0 Å². The Bertz CT molecular complexity index is 1080. The third-order valence-electron chi connectivity index (χ3n) is 5.25. The molecule has 31 heavy (non-hydrogen) atoms. The van der Waals surface area contributed by atoms with Crippen LogP contribution >= 0.6 is 22.9 Å². The lowest BCUT2D eigenvalue weighted by atomic mass is 9.77. The normalized spacial score (nSPS) is 12.0. The molecule has 0 aliphatic carbocycles. The van der Waals surface area contributed by atoms with E-state index >= 15 is 0 Å². The molecule has 0 bridgehead atoms. The van der Waals surface area contributed by atoms with Gasteiger partial charge in [-0.05, 0) is 35.2 Å². The lowest BCUT2D eigenvalue weighted by molar-refractivity contribution is 0.167. The summed E-state index contributed by atoms with van der Waals surface area (Å²) in [4.78, 5) is 0.809. The van der Waals surface area contributed by atoms with Crippen LogP contribution in [-0.2, 0) is 5.54 Å². The maximum atomic E-state index is 6.78. The molecule has 156 valence electrons. The fraction of sp³-hybridized carbons (Fsp3) is 0.0800. The highest BCUT2D eigenvalue weighted by Crippen LogP contribution is 2.41. The Morgan fingerprint density at radius 3 is 1.61 bits per heavy atom. The van der Waals surface area contributed by atoms with E-state index < -0.39 is 5.54 Å². The number of amidine groups is 1. The van der Waals surface area contributed by atoms with Gasteiger partial charge in [-0.1, -0.05) is 103 Å². The number of nitrogens with zero attached hydrogens (tertiary/aromatic N) is 2. The third-order valence-corrected chi connectivity index (χ3v) is 6.64. The molecule has 4 rings (SSSR count). The Balaban J connectivity index is 1.98. The van der Waals surface area contributed by atoms with Crippen molar-refractivity contribution in [2.75, 3.05) is 0 Å². The highest BCUT2D eigenvalue weighted by atomic mass is 35.5. The van der Waals surface area contributed by atoms with Gasteiger partial charge in [-0.25, -0.2) is 11.0 Å². The molecule has 0 amide bonds. The van der Waals surface area contributed by atoms with Crippen molar-refractivity contribution in [1.82, 2.24) is 5.12 Å². The van der Waals surface area contributed by atoms with E-state index in [2.05, 4.69) is 41.5 Å². The molecule has 0 saturated heterocycles. The van der Waals surface area contributed by atoms with Crippen LogP contribution in [0.15, 0.2) is 102 Å². The fourth-order valence-electron chi connectivity index (χ4n) is 3.87. The second kappa shape index (κ2) is 8.94. The molecular weight excluding hydrogens is 424 g/mol. The monoisotopic (exact) mass is 446 g/mol.